The van der Waals surface area contributed by atoms with Gasteiger partial charge in [-0.1, -0.05) is 12.2 Å². The number of alkyl halides is 3. The van der Waals surface area contributed by atoms with E-state index in [0.717, 1.165) is 12.1 Å². The second-order valence-corrected chi connectivity index (χ2v) is 5.64. The van der Waals surface area contributed by atoms with Gasteiger partial charge >= 0.3 is 12.1 Å². The Kier molecular flexibility index (Phi) is 4.86. The minimum absolute atomic E-state index is 0.0760. The van der Waals surface area contributed by atoms with E-state index < -0.39 is 41.6 Å². The number of carboxylic acids is 1. The molecule has 1 aliphatic rings. The Morgan fingerprint density at radius 2 is 1.83 bits per heavy atom. The molecule has 0 heterocycles. The predicted molar refractivity (Wildman–Crippen MR) is 79.6 cm³/mol. The van der Waals surface area contributed by atoms with Crippen LogP contribution in [0.1, 0.15) is 19.4 Å². The van der Waals surface area contributed by atoms with Crippen molar-refractivity contribution in [2.75, 3.05) is 5.32 Å². The second-order valence-electron chi connectivity index (χ2n) is 5.64. The molecule has 1 amide bonds. The highest BCUT2D eigenvalue weighted by Crippen LogP contribution is 2.38. The highest BCUT2D eigenvalue weighted by Gasteiger charge is 2.37. The van der Waals surface area contributed by atoms with Gasteiger partial charge in [-0.05, 0) is 32.0 Å². The molecule has 0 fully saturated rings. The number of nitrogens with one attached hydrogen (secondary N) is 1. The standard InChI is InChI=1S/C16H16F3NO4/c1-8(2)24-13-6-3-9(7-12(13)16(17,18)19)20-14(21)10-4-5-11(10)15(22)23/h3-8,10-11H,1-2H3,(H,20,21)(H,22,23)/t10-,11+/m1/s1. The maximum Gasteiger partial charge on any atom is 0.420 e. The van der Waals surface area contributed by atoms with Gasteiger partial charge in [-0.3, -0.25) is 9.59 Å². The maximum atomic E-state index is 13.1. The summed E-state index contributed by atoms with van der Waals surface area (Å²) in [6.07, 6.45) is -2.34. The number of carboxylic acid groups (broad SMARTS) is 1. The summed E-state index contributed by atoms with van der Waals surface area (Å²) in [4.78, 5) is 22.9. The van der Waals surface area contributed by atoms with E-state index in [1.165, 1.54) is 18.2 Å². The van der Waals surface area contributed by atoms with Crippen molar-refractivity contribution in [1.29, 1.82) is 0 Å². The van der Waals surface area contributed by atoms with Crippen molar-refractivity contribution >= 4 is 17.6 Å². The van der Waals surface area contributed by atoms with E-state index >= 15 is 0 Å². The molecule has 0 aromatic heterocycles. The van der Waals surface area contributed by atoms with Crippen LogP contribution in [0.25, 0.3) is 0 Å². The molecule has 0 aliphatic heterocycles. The smallest absolute Gasteiger partial charge is 0.420 e. The van der Waals surface area contributed by atoms with Gasteiger partial charge in [0.25, 0.3) is 0 Å². The van der Waals surface area contributed by atoms with Crippen molar-refractivity contribution in [1.82, 2.24) is 0 Å². The molecular formula is C16H16F3NO4. The summed E-state index contributed by atoms with van der Waals surface area (Å²) in [5, 5.41) is 11.2. The summed E-state index contributed by atoms with van der Waals surface area (Å²) in [6, 6.07) is 3.18. The van der Waals surface area contributed by atoms with Gasteiger partial charge in [-0.25, -0.2) is 0 Å². The van der Waals surface area contributed by atoms with Crippen LogP contribution in [0.15, 0.2) is 30.4 Å². The maximum absolute atomic E-state index is 13.1. The van der Waals surface area contributed by atoms with E-state index in [2.05, 4.69) is 5.32 Å². The first-order valence-electron chi connectivity index (χ1n) is 7.19. The van der Waals surface area contributed by atoms with Gasteiger partial charge in [0.2, 0.25) is 5.91 Å². The Labute approximate surface area is 136 Å². The number of hydrogen-bond donors (Lipinski definition) is 2. The largest absolute Gasteiger partial charge is 0.490 e. The third kappa shape index (κ3) is 3.87. The predicted octanol–water partition coefficient (Wildman–Crippen LogP) is 3.32. The lowest BCUT2D eigenvalue weighted by atomic mass is 9.81. The molecule has 2 rings (SSSR count). The van der Waals surface area contributed by atoms with Crippen molar-refractivity contribution in [2.45, 2.75) is 26.1 Å². The van der Waals surface area contributed by atoms with Crippen LogP contribution in [-0.2, 0) is 15.8 Å². The quantitative estimate of drug-likeness (QED) is 0.804. The van der Waals surface area contributed by atoms with Crippen molar-refractivity contribution in [3.8, 4) is 5.75 Å². The highest BCUT2D eigenvalue weighted by atomic mass is 19.4. The summed E-state index contributed by atoms with van der Waals surface area (Å²) in [5.74, 6) is -4.02. The topological polar surface area (TPSA) is 75.6 Å². The number of hydrogen-bond acceptors (Lipinski definition) is 3. The SMILES string of the molecule is CC(C)Oc1ccc(NC(=O)[C@@H]2C=C[C@@H]2C(=O)O)cc1C(F)(F)F. The summed E-state index contributed by atoms with van der Waals surface area (Å²) in [7, 11) is 0. The van der Waals surface area contributed by atoms with Crippen LogP contribution in [0, 0.1) is 11.8 Å². The molecule has 0 spiro atoms. The summed E-state index contributed by atoms with van der Waals surface area (Å²) < 4.78 is 44.6. The average Bonchev–Trinajstić information content (AvgIpc) is 2.36. The lowest BCUT2D eigenvalue weighted by molar-refractivity contribution is -0.144. The Morgan fingerprint density at radius 3 is 2.29 bits per heavy atom. The molecule has 0 unspecified atom stereocenters. The summed E-state index contributed by atoms with van der Waals surface area (Å²) >= 11 is 0. The molecule has 0 saturated heterocycles. The molecule has 1 aromatic carbocycles. The van der Waals surface area contributed by atoms with E-state index in [4.69, 9.17) is 9.84 Å². The first-order chi connectivity index (χ1) is 11.1. The molecule has 2 atom stereocenters. The molecule has 0 bridgehead atoms. The van der Waals surface area contributed by atoms with Crippen molar-refractivity contribution < 1.29 is 32.6 Å². The molecule has 8 heteroatoms. The number of carbonyl (C=O) groups is 2. The average molecular weight is 343 g/mol. The van der Waals surface area contributed by atoms with Crippen LogP contribution in [0.5, 0.6) is 5.75 Å². The Hall–Kier alpha value is -2.51. The zero-order valence-electron chi connectivity index (χ0n) is 12.9. The number of rotatable bonds is 5. The highest BCUT2D eigenvalue weighted by molar-refractivity contribution is 5.98. The fourth-order valence-electron chi connectivity index (χ4n) is 2.23. The lowest BCUT2D eigenvalue weighted by Gasteiger charge is -2.25. The first kappa shape index (κ1) is 17.8. The van der Waals surface area contributed by atoms with Crippen molar-refractivity contribution in [3.05, 3.63) is 35.9 Å². The molecule has 0 radical (unpaired) electrons. The lowest BCUT2D eigenvalue weighted by Crippen LogP contribution is -2.36. The molecule has 5 nitrogen and oxygen atoms in total. The van der Waals surface area contributed by atoms with Gasteiger partial charge in [0, 0.05) is 5.69 Å². The first-order valence-corrected chi connectivity index (χ1v) is 7.19. The number of benzene rings is 1. The Balaban J connectivity index is 2.21. The van der Waals surface area contributed by atoms with Gasteiger partial charge < -0.3 is 15.2 Å². The zero-order chi connectivity index (χ0) is 18.1. The summed E-state index contributed by atoms with van der Waals surface area (Å²) in [5.41, 5.74) is -1.08. The number of anilines is 1. The van der Waals surface area contributed by atoms with Crippen LogP contribution < -0.4 is 10.1 Å². The number of halogens is 3. The van der Waals surface area contributed by atoms with E-state index in [0.29, 0.717) is 0 Å². The number of ether oxygens (including phenoxy) is 1. The van der Waals surface area contributed by atoms with E-state index in [1.807, 2.05) is 0 Å². The molecule has 0 saturated carbocycles. The van der Waals surface area contributed by atoms with E-state index in [9.17, 15) is 22.8 Å². The molecule has 1 aliphatic carbocycles. The van der Waals surface area contributed by atoms with Crippen LogP contribution in [0.2, 0.25) is 0 Å². The van der Waals surface area contributed by atoms with Crippen LogP contribution >= 0.6 is 0 Å². The van der Waals surface area contributed by atoms with Crippen molar-refractivity contribution in [2.24, 2.45) is 11.8 Å². The number of carbonyl (C=O) groups excluding carboxylic acids is 1. The third-order valence-corrected chi connectivity index (χ3v) is 3.42. The third-order valence-electron chi connectivity index (χ3n) is 3.42. The monoisotopic (exact) mass is 343 g/mol. The fraction of sp³-hybridized carbons (Fsp3) is 0.375. The van der Waals surface area contributed by atoms with Gasteiger partial charge in [-0.15, -0.1) is 0 Å². The second kappa shape index (κ2) is 6.54. The number of amides is 1. The minimum atomic E-state index is -4.65. The minimum Gasteiger partial charge on any atom is -0.490 e. The van der Waals surface area contributed by atoms with Gasteiger partial charge in [0.15, 0.2) is 0 Å². The Morgan fingerprint density at radius 1 is 1.21 bits per heavy atom. The molecular weight excluding hydrogens is 327 g/mol. The Bertz CT molecular complexity index is 682. The van der Waals surface area contributed by atoms with Crippen LogP contribution in [0.4, 0.5) is 18.9 Å². The van der Waals surface area contributed by atoms with Gasteiger partial charge in [-0.2, -0.15) is 13.2 Å². The van der Waals surface area contributed by atoms with E-state index in [-0.39, 0.29) is 11.4 Å². The molecule has 2 N–H and O–H groups in total. The number of aliphatic carboxylic acids is 1. The summed E-state index contributed by atoms with van der Waals surface area (Å²) in [6.45, 7) is 3.20. The zero-order valence-corrected chi connectivity index (χ0v) is 12.9. The van der Waals surface area contributed by atoms with Crippen LogP contribution in [-0.4, -0.2) is 23.1 Å². The molecule has 130 valence electrons. The van der Waals surface area contributed by atoms with Crippen LogP contribution in [0.3, 0.4) is 0 Å². The van der Waals surface area contributed by atoms with Gasteiger partial charge in [0.05, 0.1) is 23.5 Å². The molecule has 24 heavy (non-hydrogen) atoms. The van der Waals surface area contributed by atoms with Gasteiger partial charge in [0.1, 0.15) is 5.75 Å². The normalized spacial score (nSPS) is 19.8. The van der Waals surface area contributed by atoms with E-state index in [1.54, 1.807) is 13.8 Å². The molecule has 1 aromatic rings. The van der Waals surface area contributed by atoms with Crippen molar-refractivity contribution in [3.63, 3.8) is 0 Å². The fourth-order valence-corrected chi connectivity index (χ4v) is 2.23.